The summed E-state index contributed by atoms with van der Waals surface area (Å²) in [5.74, 6) is -0.503. The molecule has 0 aromatic heterocycles. The predicted molar refractivity (Wildman–Crippen MR) is 121 cm³/mol. The average Bonchev–Trinajstić information content (AvgIpc) is 2.80. The van der Waals surface area contributed by atoms with E-state index >= 15 is 0 Å². The van der Waals surface area contributed by atoms with Gasteiger partial charge in [0.05, 0.1) is 11.3 Å². The van der Waals surface area contributed by atoms with Gasteiger partial charge in [0.15, 0.2) is 0 Å². The van der Waals surface area contributed by atoms with Crippen LogP contribution in [0.1, 0.15) is 43.4 Å². The molecule has 0 bridgehead atoms. The lowest BCUT2D eigenvalue weighted by atomic mass is 9.90. The SMILES string of the molecule is CC.CC(c1ccc(O)cc1)c1cccc(C(F)(F)F)c1NC=O.FC(F)(F)Oc1ccccc1. The van der Waals surface area contributed by atoms with Crippen LogP contribution in [-0.4, -0.2) is 17.9 Å². The Bertz CT molecular complexity index is 1040. The Balaban J connectivity index is 0.000000395. The molecule has 1 unspecified atom stereocenters. The molecule has 3 aromatic carbocycles. The van der Waals surface area contributed by atoms with Gasteiger partial charge in [0.1, 0.15) is 11.5 Å². The van der Waals surface area contributed by atoms with E-state index in [9.17, 15) is 36.2 Å². The minimum atomic E-state index is -4.60. The van der Waals surface area contributed by atoms with Gasteiger partial charge in [-0.05, 0) is 41.5 Å². The molecule has 3 aromatic rings. The molecular weight excluding hydrogens is 476 g/mol. The van der Waals surface area contributed by atoms with E-state index in [1.54, 1.807) is 31.2 Å². The highest BCUT2D eigenvalue weighted by molar-refractivity contribution is 5.77. The van der Waals surface area contributed by atoms with Gasteiger partial charge in [-0.15, -0.1) is 13.2 Å². The van der Waals surface area contributed by atoms with Crippen LogP contribution in [0.5, 0.6) is 11.5 Å². The molecule has 0 aliphatic rings. The first-order valence-electron chi connectivity index (χ1n) is 10.4. The molecule has 0 aliphatic heterocycles. The van der Waals surface area contributed by atoms with Gasteiger partial charge in [0.25, 0.3) is 0 Å². The van der Waals surface area contributed by atoms with E-state index in [1.807, 2.05) is 13.8 Å². The standard InChI is InChI=1S/C16H14F3NO2.C7H5F3O.C2H6/c1-10(11-5-7-12(22)8-6-11)13-3-2-4-14(16(17,18)19)15(13)20-9-21;8-7(9,10)11-6-4-2-1-3-5-6;1-2/h2-10,22H,1H3,(H,20,21);1-5H;1-2H3. The van der Waals surface area contributed by atoms with Gasteiger partial charge in [0, 0.05) is 5.92 Å². The second kappa shape index (κ2) is 13.3. The number of benzene rings is 3. The lowest BCUT2D eigenvalue weighted by molar-refractivity contribution is -0.274. The molecule has 35 heavy (non-hydrogen) atoms. The molecule has 0 spiro atoms. The van der Waals surface area contributed by atoms with Gasteiger partial charge in [-0.25, -0.2) is 0 Å². The van der Waals surface area contributed by atoms with Crippen LogP contribution >= 0.6 is 0 Å². The Morgan fingerprint density at radius 2 is 1.43 bits per heavy atom. The number of carbonyl (C=O) groups is 1. The van der Waals surface area contributed by atoms with E-state index in [4.69, 9.17) is 0 Å². The van der Waals surface area contributed by atoms with Crippen molar-refractivity contribution in [1.29, 1.82) is 0 Å². The summed E-state index contributed by atoms with van der Waals surface area (Å²) in [6, 6.07) is 17.0. The quantitative estimate of drug-likeness (QED) is 0.278. The zero-order valence-electron chi connectivity index (χ0n) is 19.1. The number of carbonyl (C=O) groups excluding carboxylic acids is 1. The summed E-state index contributed by atoms with van der Waals surface area (Å²) in [6.45, 7) is 5.73. The Kier molecular flexibility index (Phi) is 11.1. The van der Waals surface area contributed by atoms with Crippen LogP contribution in [-0.2, 0) is 11.0 Å². The highest BCUT2D eigenvalue weighted by atomic mass is 19.4. The molecule has 3 rings (SSSR count). The summed E-state index contributed by atoms with van der Waals surface area (Å²) >= 11 is 0. The Hall–Kier alpha value is -3.69. The van der Waals surface area contributed by atoms with Crippen LogP contribution < -0.4 is 10.1 Å². The number of alkyl halides is 6. The van der Waals surface area contributed by atoms with Crippen LogP contribution in [0.15, 0.2) is 72.8 Å². The van der Waals surface area contributed by atoms with E-state index in [0.29, 0.717) is 5.56 Å². The van der Waals surface area contributed by atoms with Crippen molar-refractivity contribution in [3.63, 3.8) is 0 Å². The molecule has 1 atom stereocenters. The van der Waals surface area contributed by atoms with Gasteiger partial charge in [-0.1, -0.05) is 63.2 Å². The highest BCUT2D eigenvalue weighted by Crippen LogP contribution is 2.40. The molecule has 0 heterocycles. The number of aromatic hydroxyl groups is 1. The van der Waals surface area contributed by atoms with Crippen LogP contribution in [0.3, 0.4) is 0 Å². The number of amides is 1. The number of ether oxygens (including phenoxy) is 1. The fourth-order valence-electron chi connectivity index (χ4n) is 2.95. The first-order valence-corrected chi connectivity index (χ1v) is 10.4. The van der Waals surface area contributed by atoms with Crippen molar-refractivity contribution >= 4 is 12.1 Å². The fraction of sp³-hybridized carbons (Fsp3) is 0.240. The Morgan fingerprint density at radius 1 is 0.857 bits per heavy atom. The van der Waals surface area contributed by atoms with Crippen molar-refractivity contribution in [2.24, 2.45) is 0 Å². The van der Waals surface area contributed by atoms with E-state index in [1.165, 1.54) is 42.5 Å². The third-order valence-corrected chi connectivity index (χ3v) is 4.44. The molecule has 0 aliphatic carbocycles. The summed E-state index contributed by atoms with van der Waals surface area (Å²) in [6.07, 6.45) is -8.92. The Morgan fingerprint density at radius 3 is 1.91 bits per heavy atom. The predicted octanol–water partition coefficient (Wildman–Crippen LogP) is 7.74. The molecule has 0 saturated carbocycles. The minimum absolute atomic E-state index is 0.0752. The van der Waals surface area contributed by atoms with Crippen molar-refractivity contribution in [2.75, 3.05) is 5.32 Å². The average molecular weight is 501 g/mol. The molecule has 0 radical (unpaired) electrons. The van der Waals surface area contributed by atoms with Gasteiger partial charge in [-0.2, -0.15) is 13.2 Å². The number of nitrogens with one attached hydrogen (secondary N) is 1. The first kappa shape index (κ1) is 29.3. The summed E-state index contributed by atoms with van der Waals surface area (Å²) < 4.78 is 77.4. The van der Waals surface area contributed by atoms with Crippen molar-refractivity contribution in [3.8, 4) is 11.5 Å². The van der Waals surface area contributed by atoms with Crippen molar-refractivity contribution in [1.82, 2.24) is 0 Å². The van der Waals surface area contributed by atoms with E-state index < -0.39 is 18.1 Å². The zero-order chi connectivity index (χ0) is 26.6. The van der Waals surface area contributed by atoms with Crippen LogP contribution in [0, 0.1) is 0 Å². The van der Waals surface area contributed by atoms with E-state index in [2.05, 4.69) is 10.1 Å². The molecule has 190 valence electrons. The summed E-state index contributed by atoms with van der Waals surface area (Å²) in [5, 5.41) is 11.5. The topological polar surface area (TPSA) is 58.6 Å². The highest BCUT2D eigenvalue weighted by Gasteiger charge is 2.35. The molecule has 1 amide bonds. The second-order valence-corrected chi connectivity index (χ2v) is 6.70. The lowest BCUT2D eigenvalue weighted by Gasteiger charge is -2.20. The molecule has 10 heteroatoms. The molecule has 4 nitrogen and oxygen atoms in total. The van der Waals surface area contributed by atoms with Crippen molar-refractivity contribution < 1.29 is 41.0 Å². The smallest absolute Gasteiger partial charge is 0.508 e. The van der Waals surface area contributed by atoms with Crippen LogP contribution in [0.25, 0.3) is 0 Å². The maximum absolute atomic E-state index is 13.1. The number of halogens is 6. The number of hydrogen-bond acceptors (Lipinski definition) is 3. The summed E-state index contributed by atoms with van der Waals surface area (Å²) in [4.78, 5) is 10.7. The van der Waals surface area contributed by atoms with Gasteiger partial charge < -0.3 is 15.2 Å². The lowest BCUT2D eigenvalue weighted by Crippen LogP contribution is -2.16. The number of rotatable bonds is 5. The molecule has 0 saturated heterocycles. The van der Waals surface area contributed by atoms with Gasteiger partial charge >= 0.3 is 12.5 Å². The van der Waals surface area contributed by atoms with Crippen molar-refractivity contribution in [2.45, 2.75) is 39.2 Å². The molecular formula is C25H25F6NO3. The maximum atomic E-state index is 13.1. The normalized spacial score (nSPS) is 11.7. The number of hydrogen-bond donors (Lipinski definition) is 2. The zero-order valence-corrected chi connectivity index (χ0v) is 19.1. The van der Waals surface area contributed by atoms with Gasteiger partial charge in [-0.3, -0.25) is 4.79 Å². The number of phenols is 1. The maximum Gasteiger partial charge on any atom is 0.573 e. The summed E-state index contributed by atoms with van der Waals surface area (Å²) in [5.41, 5.74) is -0.0491. The number of para-hydroxylation sites is 2. The third-order valence-electron chi connectivity index (χ3n) is 4.44. The van der Waals surface area contributed by atoms with E-state index in [-0.39, 0.29) is 29.5 Å². The summed E-state index contributed by atoms with van der Waals surface area (Å²) in [7, 11) is 0. The fourth-order valence-corrected chi connectivity index (χ4v) is 2.95. The monoisotopic (exact) mass is 501 g/mol. The molecule has 0 fully saturated rings. The van der Waals surface area contributed by atoms with E-state index in [0.717, 1.165) is 11.6 Å². The second-order valence-electron chi connectivity index (χ2n) is 6.70. The number of anilines is 1. The van der Waals surface area contributed by atoms with Crippen LogP contribution in [0.2, 0.25) is 0 Å². The van der Waals surface area contributed by atoms with Gasteiger partial charge in [0.2, 0.25) is 6.41 Å². The Labute approximate surface area is 199 Å². The van der Waals surface area contributed by atoms with Crippen molar-refractivity contribution in [3.05, 3.63) is 89.5 Å². The number of phenolic OH excluding ortho intramolecular Hbond substituents is 1. The first-order chi connectivity index (χ1) is 16.4. The third kappa shape index (κ3) is 9.60. The molecule has 2 N–H and O–H groups in total. The van der Waals surface area contributed by atoms with Crippen LogP contribution in [0.4, 0.5) is 32.0 Å². The largest absolute Gasteiger partial charge is 0.573 e. The minimum Gasteiger partial charge on any atom is -0.508 e.